The van der Waals surface area contributed by atoms with Gasteiger partial charge in [0.1, 0.15) is 9.71 Å². The van der Waals surface area contributed by atoms with Crippen LogP contribution < -0.4 is 0 Å². The number of pyridine rings is 1. The second kappa shape index (κ2) is 7.04. The van der Waals surface area contributed by atoms with Gasteiger partial charge in [0.25, 0.3) is 0 Å². The fourth-order valence-corrected chi connectivity index (χ4v) is 4.60. The predicted octanol–water partition coefficient (Wildman–Crippen LogP) is 6.12. The van der Waals surface area contributed by atoms with Crippen molar-refractivity contribution in [3.8, 4) is 28.1 Å². The number of hydrogen-bond donors (Lipinski definition) is 1. The number of nitrogens with zero attached hydrogens (tertiary/aromatic N) is 2. The molecule has 0 atom stereocenters. The molecule has 0 radical (unpaired) electrons. The molecular weight excluding hydrogens is 380 g/mol. The molecule has 5 heteroatoms. The molecule has 5 rings (SSSR count). The van der Waals surface area contributed by atoms with Gasteiger partial charge in [0.2, 0.25) is 0 Å². The van der Waals surface area contributed by atoms with Crippen LogP contribution in [-0.2, 0) is 0 Å². The van der Waals surface area contributed by atoms with Crippen molar-refractivity contribution in [2.24, 2.45) is 0 Å². The van der Waals surface area contributed by atoms with Gasteiger partial charge in [0, 0.05) is 23.3 Å². The molecule has 5 aromatic rings. The van der Waals surface area contributed by atoms with Gasteiger partial charge in [-0.25, -0.2) is 9.78 Å². The van der Waals surface area contributed by atoms with Crippen LogP contribution in [0.2, 0.25) is 0 Å². The van der Waals surface area contributed by atoms with E-state index < -0.39 is 5.97 Å². The number of benzene rings is 2. The molecule has 0 saturated carbocycles. The number of rotatable bonds is 4. The minimum atomic E-state index is -0.947. The first-order valence-corrected chi connectivity index (χ1v) is 9.99. The van der Waals surface area contributed by atoms with E-state index in [0.717, 1.165) is 27.8 Å². The fourth-order valence-electron chi connectivity index (χ4n) is 3.56. The Morgan fingerprint density at radius 1 is 0.862 bits per heavy atom. The average Bonchev–Trinajstić information content (AvgIpc) is 3.42. The molecule has 29 heavy (non-hydrogen) atoms. The summed E-state index contributed by atoms with van der Waals surface area (Å²) in [6, 6.07) is 25.8. The van der Waals surface area contributed by atoms with Crippen molar-refractivity contribution in [3.63, 3.8) is 0 Å². The highest BCUT2D eigenvalue weighted by atomic mass is 32.1. The lowest BCUT2D eigenvalue weighted by Crippen LogP contribution is -2.00. The minimum Gasteiger partial charge on any atom is -0.477 e. The van der Waals surface area contributed by atoms with E-state index in [2.05, 4.69) is 6.07 Å². The first-order chi connectivity index (χ1) is 14.2. The summed E-state index contributed by atoms with van der Waals surface area (Å²) in [4.78, 5) is 17.9. The number of hydrogen-bond acceptors (Lipinski definition) is 3. The summed E-state index contributed by atoms with van der Waals surface area (Å²) in [7, 11) is 0. The fraction of sp³-hybridized carbons (Fsp3) is 0. The van der Waals surface area contributed by atoms with Crippen molar-refractivity contribution >= 4 is 27.5 Å². The van der Waals surface area contributed by atoms with Gasteiger partial charge in [-0.3, -0.25) is 0 Å². The molecule has 3 aromatic heterocycles. The number of thiophene rings is 1. The number of carboxylic acids is 1. The molecular formula is C24H16N2O2S. The Morgan fingerprint density at radius 3 is 2.10 bits per heavy atom. The largest absolute Gasteiger partial charge is 0.477 e. The maximum absolute atomic E-state index is 12.1. The third-order valence-corrected chi connectivity index (χ3v) is 5.91. The van der Waals surface area contributed by atoms with Crippen molar-refractivity contribution in [2.75, 3.05) is 0 Å². The lowest BCUT2D eigenvalue weighted by molar-refractivity contribution is 0.0702. The van der Waals surface area contributed by atoms with Gasteiger partial charge in [0.05, 0.1) is 11.4 Å². The number of aromatic nitrogens is 2. The highest BCUT2D eigenvalue weighted by molar-refractivity contribution is 7.21. The third kappa shape index (κ3) is 3.02. The number of fused-ring (bicyclic) bond motifs is 1. The molecule has 0 unspecified atom stereocenters. The Balaban J connectivity index is 1.91. The van der Waals surface area contributed by atoms with Crippen molar-refractivity contribution in [1.82, 2.24) is 9.55 Å². The summed E-state index contributed by atoms with van der Waals surface area (Å²) in [5.41, 5.74) is 4.49. The number of carbonyl (C=O) groups is 1. The normalized spacial score (nSPS) is 11.0. The SMILES string of the molecule is O=C(O)c1sc2nc(-c3ccccc3)cc(-c3ccccc3)c2c1-n1cccc1. The maximum atomic E-state index is 12.1. The lowest BCUT2D eigenvalue weighted by Gasteiger charge is -2.11. The first-order valence-electron chi connectivity index (χ1n) is 9.17. The number of aromatic carboxylic acids is 1. The van der Waals surface area contributed by atoms with E-state index in [-0.39, 0.29) is 4.88 Å². The molecule has 0 amide bonds. The second-order valence-electron chi connectivity index (χ2n) is 6.64. The standard InChI is InChI=1S/C24H16N2O2S/c27-24(28)22-21(26-13-7-8-14-26)20-18(16-9-3-1-4-10-16)15-19(25-23(20)29-22)17-11-5-2-6-12-17/h1-15H,(H,27,28). The topological polar surface area (TPSA) is 55.1 Å². The summed E-state index contributed by atoms with van der Waals surface area (Å²) in [6.07, 6.45) is 3.74. The van der Waals surface area contributed by atoms with Crippen LogP contribution in [-0.4, -0.2) is 20.6 Å². The van der Waals surface area contributed by atoms with Gasteiger partial charge in [0.15, 0.2) is 0 Å². The summed E-state index contributed by atoms with van der Waals surface area (Å²) in [5.74, 6) is -0.947. The van der Waals surface area contributed by atoms with Crippen LogP contribution >= 0.6 is 11.3 Å². The van der Waals surface area contributed by atoms with Crippen LogP contribution in [0, 0.1) is 0 Å². The molecule has 1 N–H and O–H groups in total. The molecule has 4 nitrogen and oxygen atoms in total. The Kier molecular flexibility index (Phi) is 4.22. The maximum Gasteiger partial charge on any atom is 0.348 e. The summed E-state index contributed by atoms with van der Waals surface area (Å²) in [6.45, 7) is 0. The quantitative estimate of drug-likeness (QED) is 0.398. The smallest absolute Gasteiger partial charge is 0.348 e. The Labute approximate surface area is 171 Å². The van der Waals surface area contributed by atoms with E-state index in [0.29, 0.717) is 10.5 Å². The van der Waals surface area contributed by atoms with Crippen LogP contribution in [0.25, 0.3) is 38.3 Å². The Hall–Kier alpha value is -3.70. The van der Waals surface area contributed by atoms with Crippen LogP contribution in [0.3, 0.4) is 0 Å². The van der Waals surface area contributed by atoms with Crippen molar-refractivity contribution in [1.29, 1.82) is 0 Å². The van der Waals surface area contributed by atoms with Crippen LogP contribution in [0.4, 0.5) is 0 Å². The molecule has 0 saturated heterocycles. The molecule has 0 fully saturated rings. The van der Waals surface area contributed by atoms with E-state index >= 15 is 0 Å². The van der Waals surface area contributed by atoms with E-state index in [1.165, 1.54) is 11.3 Å². The molecule has 0 aliphatic rings. The van der Waals surface area contributed by atoms with Gasteiger partial charge in [-0.1, -0.05) is 60.7 Å². The molecule has 0 aliphatic heterocycles. The Morgan fingerprint density at radius 2 is 1.48 bits per heavy atom. The third-order valence-electron chi connectivity index (χ3n) is 4.85. The van der Waals surface area contributed by atoms with Gasteiger partial charge >= 0.3 is 5.97 Å². The zero-order valence-corrected chi connectivity index (χ0v) is 16.1. The molecule has 0 spiro atoms. The van der Waals surface area contributed by atoms with Crippen molar-refractivity contribution < 1.29 is 9.90 Å². The molecule has 0 aliphatic carbocycles. The van der Waals surface area contributed by atoms with Gasteiger partial charge in [-0.05, 0) is 29.3 Å². The van der Waals surface area contributed by atoms with Crippen molar-refractivity contribution in [3.05, 3.63) is 96.1 Å². The predicted molar refractivity (Wildman–Crippen MR) is 117 cm³/mol. The first kappa shape index (κ1) is 17.4. The molecule has 140 valence electrons. The minimum absolute atomic E-state index is 0.283. The monoisotopic (exact) mass is 396 g/mol. The highest BCUT2D eigenvalue weighted by Gasteiger charge is 2.23. The summed E-state index contributed by atoms with van der Waals surface area (Å²) in [5, 5.41) is 10.7. The highest BCUT2D eigenvalue weighted by Crippen LogP contribution is 2.41. The average molecular weight is 396 g/mol. The Bertz CT molecular complexity index is 1310. The van der Waals surface area contributed by atoms with Crippen LogP contribution in [0.5, 0.6) is 0 Å². The molecule has 0 bridgehead atoms. The molecule has 3 heterocycles. The van der Waals surface area contributed by atoms with Gasteiger partial charge in [-0.2, -0.15) is 0 Å². The van der Waals surface area contributed by atoms with E-state index in [1.807, 2.05) is 89.8 Å². The second-order valence-corrected chi connectivity index (χ2v) is 7.64. The van der Waals surface area contributed by atoms with Gasteiger partial charge in [-0.15, -0.1) is 11.3 Å². The summed E-state index contributed by atoms with van der Waals surface area (Å²) < 4.78 is 1.86. The lowest BCUT2D eigenvalue weighted by atomic mass is 9.99. The van der Waals surface area contributed by atoms with E-state index in [4.69, 9.17) is 4.98 Å². The van der Waals surface area contributed by atoms with Crippen LogP contribution in [0.1, 0.15) is 9.67 Å². The zero-order valence-electron chi connectivity index (χ0n) is 15.3. The summed E-state index contributed by atoms with van der Waals surface area (Å²) >= 11 is 1.22. The van der Waals surface area contributed by atoms with Crippen molar-refractivity contribution in [2.45, 2.75) is 0 Å². The number of carboxylic acid groups (broad SMARTS) is 1. The zero-order chi connectivity index (χ0) is 19.8. The van der Waals surface area contributed by atoms with Gasteiger partial charge < -0.3 is 9.67 Å². The van der Waals surface area contributed by atoms with Crippen LogP contribution in [0.15, 0.2) is 91.3 Å². The van der Waals surface area contributed by atoms with E-state index in [1.54, 1.807) is 0 Å². The molecule has 2 aromatic carbocycles. The van der Waals surface area contributed by atoms with E-state index in [9.17, 15) is 9.90 Å².